The van der Waals surface area contributed by atoms with E-state index in [1.165, 1.54) is 20.5 Å². The topological polar surface area (TPSA) is 101 Å². The zero-order valence-electron chi connectivity index (χ0n) is 11.6. The van der Waals surface area contributed by atoms with Crippen LogP contribution in [0.5, 0.6) is 0 Å². The van der Waals surface area contributed by atoms with Gasteiger partial charge < -0.3 is 10.6 Å². The lowest BCUT2D eigenvalue weighted by molar-refractivity contribution is -0.122. The first-order valence-electron chi connectivity index (χ1n) is 6.35. The van der Waals surface area contributed by atoms with Crippen LogP contribution in [-0.4, -0.2) is 61.9 Å². The molecule has 0 radical (unpaired) electrons. The molecule has 1 atom stereocenters. The van der Waals surface area contributed by atoms with Crippen molar-refractivity contribution in [2.24, 2.45) is 11.7 Å². The summed E-state index contributed by atoms with van der Waals surface area (Å²) in [5, 5.41) is 3.51. The van der Waals surface area contributed by atoms with Crippen molar-refractivity contribution in [3.8, 4) is 0 Å². The smallest absolute Gasteiger partial charge is 0.254 e. The number of sulfonamides is 1. The number of nitrogens with two attached hydrogens (primary N) is 1. The van der Waals surface area contributed by atoms with E-state index in [0.29, 0.717) is 5.56 Å². The van der Waals surface area contributed by atoms with Crippen LogP contribution >= 0.6 is 11.3 Å². The van der Waals surface area contributed by atoms with Crippen LogP contribution in [0.25, 0.3) is 0 Å². The maximum absolute atomic E-state index is 12.4. The van der Waals surface area contributed by atoms with Crippen LogP contribution in [0.2, 0.25) is 0 Å². The van der Waals surface area contributed by atoms with Gasteiger partial charge in [0.25, 0.3) is 5.91 Å². The van der Waals surface area contributed by atoms with Gasteiger partial charge >= 0.3 is 0 Å². The molecule has 0 bridgehead atoms. The van der Waals surface area contributed by atoms with Gasteiger partial charge in [-0.3, -0.25) is 9.59 Å². The van der Waals surface area contributed by atoms with Crippen molar-refractivity contribution in [2.75, 3.05) is 32.4 Å². The van der Waals surface area contributed by atoms with Gasteiger partial charge in [0.15, 0.2) is 0 Å². The highest BCUT2D eigenvalue weighted by molar-refractivity contribution is 7.88. The van der Waals surface area contributed by atoms with Crippen LogP contribution < -0.4 is 5.73 Å². The number of nitrogens with zero attached hydrogens (tertiary/aromatic N) is 2. The molecule has 0 spiro atoms. The lowest BCUT2D eigenvalue weighted by Crippen LogP contribution is -2.41. The molecule has 1 aromatic heterocycles. The van der Waals surface area contributed by atoms with E-state index in [2.05, 4.69) is 0 Å². The maximum Gasteiger partial charge on any atom is 0.254 e. The summed E-state index contributed by atoms with van der Waals surface area (Å²) < 4.78 is 24.6. The fourth-order valence-electron chi connectivity index (χ4n) is 2.22. The normalized spacial score (nSPS) is 21.0. The third-order valence-corrected chi connectivity index (χ3v) is 5.36. The minimum Gasteiger partial charge on any atom is -0.369 e. The lowest BCUT2D eigenvalue weighted by atomic mass is 10.1. The minimum atomic E-state index is -3.43. The quantitative estimate of drug-likeness (QED) is 0.812. The summed E-state index contributed by atoms with van der Waals surface area (Å²) in [4.78, 5) is 25.3. The van der Waals surface area contributed by atoms with Crippen LogP contribution in [0.3, 0.4) is 0 Å². The molecule has 1 aliphatic heterocycles. The summed E-state index contributed by atoms with van der Waals surface area (Å²) in [6.07, 6.45) is 1.08. The SMILES string of the molecule is CS(=O)(=O)N1CCN(C(=O)c2ccsc2)C[C@@H](C(N)=O)C1. The Balaban J connectivity index is 2.22. The average molecular weight is 331 g/mol. The van der Waals surface area contributed by atoms with E-state index in [4.69, 9.17) is 5.73 Å². The van der Waals surface area contributed by atoms with E-state index in [1.807, 2.05) is 0 Å². The Kier molecular flexibility index (Phi) is 4.64. The Morgan fingerprint density at radius 3 is 2.57 bits per heavy atom. The maximum atomic E-state index is 12.4. The van der Waals surface area contributed by atoms with E-state index in [0.717, 1.165) is 6.26 Å². The van der Waals surface area contributed by atoms with Crippen LogP contribution in [0.15, 0.2) is 16.8 Å². The van der Waals surface area contributed by atoms with E-state index in [9.17, 15) is 18.0 Å². The zero-order valence-corrected chi connectivity index (χ0v) is 13.2. The van der Waals surface area contributed by atoms with Gasteiger partial charge in [-0.1, -0.05) is 0 Å². The summed E-state index contributed by atoms with van der Waals surface area (Å²) in [7, 11) is -3.43. The molecule has 2 heterocycles. The highest BCUT2D eigenvalue weighted by Gasteiger charge is 2.32. The third-order valence-electron chi connectivity index (χ3n) is 3.41. The van der Waals surface area contributed by atoms with E-state index >= 15 is 0 Å². The van der Waals surface area contributed by atoms with Crippen LogP contribution in [0, 0.1) is 5.92 Å². The number of carbonyl (C=O) groups excluding carboxylic acids is 2. The number of carbonyl (C=O) groups is 2. The molecule has 2 rings (SSSR count). The summed E-state index contributed by atoms with van der Waals surface area (Å²) in [5.74, 6) is -1.52. The predicted molar refractivity (Wildman–Crippen MR) is 79.3 cm³/mol. The Labute approximate surface area is 127 Å². The molecule has 7 nitrogen and oxygen atoms in total. The van der Waals surface area contributed by atoms with Crippen molar-refractivity contribution in [1.29, 1.82) is 0 Å². The van der Waals surface area contributed by atoms with Crippen molar-refractivity contribution in [1.82, 2.24) is 9.21 Å². The second-order valence-electron chi connectivity index (χ2n) is 4.98. The molecule has 0 saturated carbocycles. The van der Waals surface area contributed by atoms with Crippen molar-refractivity contribution in [3.63, 3.8) is 0 Å². The molecular formula is C12H17N3O4S2. The zero-order chi connectivity index (χ0) is 15.6. The van der Waals surface area contributed by atoms with E-state index in [-0.39, 0.29) is 32.1 Å². The number of thiophene rings is 1. The molecule has 0 unspecified atom stereocenters. The Bertz CT molecular complexity index is 627. The molecule has 1 aliphatic rings. The van der Waals surface area contributed by atoms with Crippen molar-refractivity contribution >= 4 is 33.2 Å². The lowest BCUT2D eigenvalue weighted by Gasteiger charge is -2.22. The molecule has 1 fully saturated rings. The molecule has 9 heteroatoms. The molecule has 116 valence electrons. The Hall–Kier alpha value is -1.45. The first-order valence-corrected chi connectivity index (χ1v) is 9.14. The minimum absolute atomic E-state index is 0.0155. The number of hydrogen-bond donors (Lipinski definition) is 1. The molecule has 2 N–H and O–H groups in total. The highest BCUT2D eigenvalue weighted by Crippen LogP contribution is 2.16. The first kappa shape index (κ1) is 15.9. The van der Waals surface area contributed by atoms with E-state index < -0.39 is 21.8 Å². The number of rotatable bonds is 3. The predicted octanol–water partition coefficient (Wildman–Crippen LogP) is -0.433. The molecule has 21 heavy (non-hydrogen) atoms. The molecule has 0 aromatic carbocycles. The molecule has 1 saturated heterocycles. The van der Waals surface area contributed by atoms with Gasteiger partial charge in [-0.2, -0.15) is 15.6 Å². The van der Waals surface area contributed by atoms with Crippen molar-refractivity contribution in [2.45, 2.75) is 0 Å². The Morgan fingerprint density at radius 1 is 1.33 bits per heavy atom. The molecule has 0 aliphatic carbocycles. The van der Waals surface area contributed by atoms with Gasteiger partial charge in [-0.25, -0.2) is 8.42 Å². The third kappa shape index (κ3) is 3.80. The summed E-state index contributed by atoms with van der Waals surface area (Å²) in [5.41, 5.74) is 5.86. The largest absolute Gasteiger partial charge is 0.369 e. The van der Waals surface area contributed by atoms with E-state index in [1.54, 1.807) is 16.8 Å². The Morgan fingerprint density at radius 2 is 2.05 bits per heavy atom. The number of primary amides is 1. The standard InChI is InChI=1S/C12H17N3O4S2/c1-21(18,19)15-4-3-14(6-10(7-15)11(13)16)12(17)9-2-5-20-8-9/h2,5,8,10H,3-4,6-7H2,1H3,(H2,13,16)/t10-/m1/s1. The van der Waals surface area contributed by atoms with Gasteiger partial charge in [0.1, 0.15) is 0 Å². The van der Waals surface area contributed by atoms with Gasteiger partial charge in [0.2, 0.25) is 15.9 Å². The average Bonchev–Trinajstić information content (AvgIpc) is 2.81. The van der Waals surface area contributed by atoms with Crippen LogP contribution in [0.4, 0.5) is 0 Å². The molecular weight excluding hydrogens is 314 g/mol. The van der Waals surface area contributed by atoms with Crippen LogP contribution in [0.1, 0.15) is 10.4 Å². The molecule has 1 aromatic rings. The second kappa shape index (κ2) is 6.12. The summed E-state index contributed by atoms with van der Waals surface area (Å²) in [6.45, 7) is 0.557. The fourth-order valence-corrected chi connectivity index (χ4v) is 3.71. The molecule has 2 amide bonds. The summed E-state index contributed by atoms with van der Waals surface area (Å²) in [6, 6.07) is 1.70. The second-order valence-corrected chi connectivity index (χ2v) is 7.75. The first-order chi connectivity index (χ1) is 9.79. The van der Waals surface area contributed by atoms with Crippen LogP contribution in [-0.2, 0) is 14.8 Å². The monoisotopic (exact) mass is 331 g/mol. The highest BCUT2D eigenvalue weighted by atomic mass is 32.2. The van der Waals surface area contributed by atoms with Gasteiger partial charge in [0, 0.05) is 31.6 Å². The number of hydrogen-bond acceptors (Lipinski definition) is 5. The number of amides is 2. The van der Waals surface area contributed by atoms with Crippen molar-refractivity contribution < 1.29 is 18.0 Å². The van der Waals surface area contributed by atoms with Gasteiger partial charge in [0.05, 0.1) is 17.7 Å². The summed E-state index contributed by atoms with van der Waals surface area (Å²) >= 11 is 1.40. The van der Waals surface area contributed by atoms with Gasteiger partial charge in [-0.15, -0.1) is 0 Å². The van der Waals surface area contributed by atoms with Gasteiger partial charge in [-0.05, 0) is 11.4 Å². The van der Waals surface area contributed by atoms with Crippen molar-refractivity contribution in [3.05, 3.63) is 22.4 Å². The fraction of sp³-hybridized carbons (Fsp3) is 0.500.